The van der Waals surface area contributed by atoms with Crippen LogP contribution in [0.5, 0.6) is 23.0 Å². The summed E-state index contributed by atoms with van der Waals surface area (Å²) < 4.78 is 11.5. The third-order valence-electron chi connectivity index (χ3n) is 5.57. The summed E-state index contributed by atoms with van der Waals surface area (Å²) in [6.45, 7) is 4.38. The number of hydrogen-bond acceptors (Lipinski definition) is 5. The van der Waals surface area contributed by atoms with Crippen LogP contribution in [0.25, 0.3) is 11.1 Å². The average Bonchev–Trinajstić information content (AvgIpc) is 3.09. The summed E-state index contributed by atoms with van der Waals surface area (Å²) in [5.41, 5.74) is 5.34. The molecule has 1 atom stereocenters. The van der Waals surface area contributed by atoms with E-state index >= 15 is 0 Å². The molecular weight excluding hydrogens is 396 g/mol. The highest BCUT2D eigenvalue weighted by Gasteiger charge is 2.26. The van der Waals surface area contributed by atoms with Crippen LogP contribution in [-0.2, 0) is 11.4 Å². The van der Waals surface area contributed by atoms with Crippen molar-refractivity contribution < 1.29 is 29.6 Å². The molecule has 6 nitrogen and oxygen atoms in total. The van der Waals surface area contributed by atoms with Crippen LogP contribution in [0.2, 0.25) is 0 Å². The smallest absolute Gasteiger partial charge is 0.304 e. The second-order valence-electron chi connectivity index (χ2n) is 7.89. The Balaban J connectivity index is 1.54. The zero-order valence-corrected chi connectivity index (χ0v) is 17.4. The van der Waals surface area contributed by atoms with Gasteiger partial charge in [-0.25, -0.2) is 0 Å². The van der Waals surface area contributed by atoms with E-state index in [9.17, 15) is 15.0 Å². The van der Waals surface area contributed by atoms with E-state index in [4.69, 9.17) is 14.6 Å². The predicted octanol–water partition coefficient (Wildman–Crippen LogP) is 4.91. The van der Waals surface area contributed by atoms with Crippen LogP contribution in [0.1, 0.15) is 34.6 Å². The first-order valence-electron chi connectivity index (χ1n) is 10.1. The molecule has 0 saturated heterocycles. The average molecular weight is 420 g/mol. The lowest BCUT2D eigenvalue weighted by Crippen LogP contribution is -2.07. The Kier molecular flexibility index (Phi) is 5.46. The summed E-state index contributed by atoms with van der Waals surface area (Å²) >= 11 is 0. The van der Waals surface area contributed by atoms with Gasteiger partial charge in [-0.1, -0.05) is 12.1 Å². The molecule has 0 fully saturated rings. The second-order valence-corrected chi connectivity index (χ2v) is 7.89. The van der Waals surface area contributed by atoms with Gasteiger partial charge in [0.1, 0.15) is 29.6 Å². The molecular formula is C25H24O6. The third kappa shape index (κ3) is 4.28. The van der Waals surface area contributed by atoms with E-state index in [-0.39, 0.29) is 30.4 Å². The van der Waals surface area contributed by atoms with E-state index in [1.807, 2.05) is 32.0 Å². The van der Waals surface area contributed by atoms with Gasteiger partial charge in [-0.3, -0.25) is 4.79 Å². The Morgan fingerprint density at radius 2 is 1.81 bits per heavy atom. The van der Waals surface area contributed by atoms with Crippen LogP contribution in [0.15, 0.2) is 48.5 Å². The number of carboxylic acids is 1. The largest absolute Gasteiger partial charge is 0.508 e. The van der Waals surface area contributed by atoms with E-state index in [1.165, 1.54) is 0 Å². The van der Waals surface area contributed by atoms with Crippen molar-refractivity contribution in [1.82, 2.24) is 0 Å². The maximum atomic E-state index is 11.0. The maximum absolute atomic E-state index is 11.0. The third-order valence-corrected chi connectivity index (χ3v) is 5.57. The van der Waals surface area contributed by atoms with E-state index in [0.29, 0.717) is 23.7 Å². The van der Waals surface area contributed by atoms with Gasteiger partial charge in [-0.15, -0.1) is 0 Å². The zero-order chi connectivity index (χ0) is 22.1. The molecule has 3 aromatic rings. The van der Waals surface area contributed by atoms with Crippen molar-refractivity contribution in [2.75, 3.05) is 6.61 Å². The van der Waals surface area contributed by atoms with E-state index < -0.39 is 5.97 Å². The van der Waals surface area contributed by atoms with Crippen LogP contribution in [0.4, 0.5) is 0 Å². The summed E-state index contributed by atoms with van der Waals surface area (Å²) in [5.74, 6) is 0.575. The van der Waals surface area contributed by atoms with Crippen molar-refractivity contribution in [3.05, 3.63) is 70.8 Å². The Morgan fingerprint density at radius 3 is 2.52 bits per heavy atom. The Morgan fingerprint density at radius 1 is 1.06 bits per heavy atom. The molecule has 0 bridgehead atoms. The molecule has 0 aromatic heterocycles. The zero-order valence-electron chi connectivity index (χ0n) is 17.4. The Labute approximate surface area is 180 Å². The van der Waals surface area contributed by atoms with Crippen LogP contribution in [0, 0.1) is 13.8 Å². The lowest BCUT2D eigenvalue weighted by molar-refractivity contribution is -0.137. The summed E-state index contributed by atoms with van der Waals surface area (Å²) in [5, 5.41) is 29.1. The van der Waals surface area contributed by atoms with Gasteiger partial charge >= 0.3 is 5.97 Å². The van der Waals surface area contributed by atoms with Gasteiger partial charge in [0, 0.05) is 23.1 Å². The predicted molar refractivity (Wildman–Crippen MR) is 116 cm³/mol. The molecule has 0 radical (unpaired) electrons. The highest BCUT2D eigenvalue weighted by Crippen LogP contribution is 2.39. The number of aryl methyl sites for hydroxylation is 2. The van der Waals surface area contributed by atoms with Gasteiger partial charge in [-0.2, -0.15) is 0 Å². The maximum Gasteiger partial charge on any atom is 0.304 e. The number of ether oxygens (including phenoxy) is 2. The topological polar surface area (TPSA) is 96.2 Å². The molecule has 0 saturated carbocycles. The Bertz CT molecular complexity index is 1130. The minimum absolute atomic E-state index is 0.0317. The van der Waals surface area contributed by atoms with Crippen molar-refractivity contribution in [2.45, 2.75) is 32.8 Å². The number of carboxylic acid groups (broad SMARTS) is 1. The minimum Gasteiger partial charge on any atom is -0.508 e. The molecule has 4 rings (SSSR count). The molecule has 160 valence electrons. The number of hydrogen-bond donors (Lipinski definition) is 3. The summed E-state index contributed by atoms with van der Waals surface area (Å²) in [6, 6.07) is 14.2. The van der Waals surface area contributed by atoms with Crippen molar-refractivity contribution in [2.24, 2.45) is 0 Å². The second kappa shape index (κ2) is 8.22. The number of benzene rings is 3. The van der Waals surface area contributed by atoms with Crippen LogP contribution < -0.4 is 9.47 Å². The fourth-order valence-corrected chi connectivity index (χ4v) is 4.14. The first kappa shape index (κ1) is 20.6. The van der Waals surface area contributed by atoms with Crippen molar-refractivity contribution in [3.8, 4) is 34.1 Å². The van der Waals surface area contributed by atoms with Gasteiger partial charge in [0.25, 0.3) is 0 Å². The lowest BCUT2D eigenvalue weighted by atomic mass is 9.94. The molecule has 0 spiro atoms. The van der Waals surface area contributed by atoms with Crippen LogP contribution in [0.3, 0.4) is 0 Å². The molecule has 0 amide bonds. The van der Waals surface area contributed by atoms with Gasteiger partial charge in [0.2, 0.25) is 0 Å². The van der Waals surface area contributed by atoms with E-state index in [0.717, 1.165) is 27.8 Å². The first-order valence-corrected chi connectivity index (χ1v) is 10.1. The quantitative estimate of drug-likeness (QED) is 0.524. The molecule has 1 aliphatic rings. The number of aliphatic carboxylic acids is 1. The number of carbonyl (C=O) groups is 1. The van der Waals surface area contributed by atoms with Crippen LogP contribution in [-0.4, -0.2) is 27.9 Å². The van der Waals surface area contributed by atoms with Crippen molar-refractivity contribution in [3.63, 3.8) is 0 Å². The molecule has 1 aliphatic heterocycles. The number of fused-ring (bicyclic) bond motifs is 1. The molecule has 6 heteroatoms. The standard InChI is InChI=1S/C25H24O6/c1-14-7-19(26)8-15(2)25(14)16-3-6-22(27)18(9-16)13-30-20-4-5-21-17(10-24(28)29)12-31-23(21)11-20/h3-9,11,17,26-27H,10,12-13H2,1-2H3,(H,28,29). The van der Waals surface area contributed by atoms with E-state index in [2.05, 4.69) is 0 Å². The number of phenols is 2. The fourth-order valence-electron chi connectivity index (χ4n) is 4.14. The molecule has 31 heavy (non-hydrogen) atoms. The summed E-state index contributed by atoms with van der Waals surface area (Å²) in [7, 11) is 0. The van der Waals surface area contributed by atoms with Gasteiger partial charge in [0.05, 0.1) is 13.0 Å². The monoisotopic (exact) mass is 420 g/mol. The first-order chi connectivity index (χ1) is 14.8. The molecule has 0 aliphatic carbocycles. The molecule has 3 aromatic carbocycles. The highest BCUT2D eigenvalue weighted by atomic mass is 16.5. The van der Waals surface area contributed by atoms with Gasteiger partial charge < -0.3 is 24.8 Å². The normalized spacial score (nSPS) is 14.7. The molecule has 1 unspecified atom stereocenters. The van der Waals surface area contributed by atoms with E-state index in [1.54, 1.807) is 30.3 Å². The number of phenolic OH excluding ortho intramolecular Hbond substituents is 2. The lowest BCUT2D eigenvalue weighted by Gasteiger charge is -2.14. The SMILES string of the molecule is Cc1cc(O)cc(C)c1-c1ccc(O)c(COc2ccc3c(c2)OCC3CC(=O)O)c1. The fraction of sp³-hybridized carbons (Fsp3) is 0.240. The highest BCUT2D eigenvalue weighted by molar-refractivity contribution is 5.73. The number of rotatable bonds is 6. The van der Waals surface area contributed by atoms with Crippen molar-refractivity contribution >= 4 is 5.97 Å². The minimum atomic E-state index is -0.851. The van der Waals surface area contributed by atoms with Crippen molar-refractivity contribution in [1.29, 1.82) is 0 Å². The summed E-state index contributed by atoms with van der Waals surface area (Å²) in [6.07, 6.45) is 0.0317. The van der Waals surface area contributed by atoms with Crippen LogP contribution >= 0.6 is 0 Å². The molecule has 3 N–H and O–H groups in total. The summed E-state index contributed by atoms with van der Waals surface area (Å²) in [4.78, 5) is 11.0. The molecule has 1 heterocycles. The van der Waals surface area contributed by atoms with Gasteiger partial charge in [-0.05, 0) is 66.4 Å². The Hall–Kier alpha value is -3.67. The number of aromatic hydroxyl groups is 2. The van der Waals surface area contributed by atoms with Gasteiger partial charge in [0.15, 0.2) is 0 Å².